The molecular weight excluding hydrogens is 228 g/mol. The molecule has 1 aromatic heterocycles. The fourth-order valence-corrected chi connectivity index (χ4v) is 2.53. The van der Waals surface area contributed by atoms with Gasteiger partial charge < -0.3 is 4.74 Å². The van der Waals surface area contributed by atoms with E-state index in [1.165, 1.54) is 19.3 Å². The van der Waals surface area contributed by atoms with Crippen LogP contribution in [0.2, 0.25) is 0 Å². The van der Waals surface area contributed by atoms with Crippen LogP contribution in [0.25, 0.3) is 0 Å². The molecule has 0 atom stereocenters. The molecule has 2 heterocycles. The van der Waals surface area contributed by atoms with Crippen LogP contribution in [0.15, 0.2) is 12.3 Å². The van der Waals surface area contributed by atoms with Crippen LogP contribution < -0.4 is 0 Å². The second-order valence-corrected chi connectivity index (χ2v) is 5.06. The lowest BCUT2D eigenvalue weighted by atomic mass is 9.93. The van der Waals surface area contributed by atoms with Gasteiger partial charge in [-0.2, -0.15) is 5.10 Å². The number of rotatable bonds is 6. The number of hydrogen-bond acceptors (Lipinski definition) is 3. The molecule has 0 aliphatic carbocycles. The van der Waals surface area contributed by atoms with Crippen LogP contribution in [0.5, 0.6) is 0 Å². The predicted octanol–water partition coefficient (Wildman–Crippen LogP) is 2.59. The topological polar surface area (TPSA) is 44.1 Å². The Morgan fingerprint density at radius 1 is 1.44 bits per heavy atom. The van der Waals surface area contributed by atoms with E-state index in [1.54, 1.807) is 16.9 Å². The summed E-state index contributed by atoms with van der Waals surface area (Å²) in [4.78, 5) is 11.9. The zero-order valence-corrected chi connectivity index (χ0v) is 11.1. The lowest BCUT2D eigenvalue weighted by molar-refractivity contribution is 0.0630. The third-order valence-electron chi connectivity index (χ3n) is 3.71. The van der Waals surface area contributed by atoms with Crippen molar-refractivity contribution >= 4 is 5.78 Å². The Morgan fingerprint density at radius 2 is 2.22 bits per heavy atom. The SMILES string of the molecule is Cn1nccc1C(=O)CCCCC1CCOCC1. The lowest BCUT2D eigenvalue weighted by Crippen LogP contribution is -2.15. The number of aromatic nitrogens is 2. The molecule has 4 heteroatoms. The highest BCUT2D eigenvalue weighted by atomic mass is 16.5. The van der Waals surface area contributed by atoms with E-state index in [1.807, 2.05) is 7.05 Å². The lowest BCUT2D eigenvalue weighted by Gasteiger charge is -2.21. The van der Waals surface area contributed by atoms with Crippen LogP contribution in [-0.2, 0) is 11.8 Å². The molecule has 18 heavy (non-hydrogen) atoms. The molecule has 100 valence electrons. The molecule has 1 saturated heterocycles. The highest BCUT2D eigenvalue weighted by molar-refractivity contribution is 5.94. The minimum Gasteiger partial charge on any atom is -0.381 e. The normalized spacial score (nSPS) is 16.9. The molecule has 0 N–H and O–H groups in total. The molecule has 0 spiro atoms. The smallest absolute Gasteiger partial charge is 0.180 e. The van der Waals surface area contributed by atoms with E-state index in [0.29, 0.717) is 6.42 Å². The van der Waals surface area contributed by atoms with Gasteiger partial charge in [0.2, 0.25) is 0 Å². The van der Waals surface area contributed by atoms with Gasteiger partial charge in [0.1, 0.15) is 5.69 Å². The Morgan fingerprint density at radius 3 is 2.89 bits per heavy atom. The average Bonchev–Trinajstić information content (AvgIpc) is 2.82. The monoisotopic (exact) mass is 250 g/mol. The molecule has 0 amide bonds. The minimum atomic E-state index is 0.210. The molecule has 2 rings (SSSR count). The molecule has 1 aliphatic rings. The maximum Gasteiger partial charge on any atom is 0.180 e. The van der Waals surface area contributed by atoms with Gasteiger partial charge in [0.05, 0.1) is 0 Å². The number of ketones is 1. The second kappa shape index (κ2) is 6.69. The van der Waals surface area contributed by atoms with Crippen molar-refractivity contribution in [3.63, 3.8) is 0 Å². The van der Waals surface area contributed by atoms with Gasteiger partial charge in [0.25, 0.3) is 0 Å². The Bertz CT molecular complexity index is 381. The van der Waals surface area contributed by atoms with Crippen LogP contribution >= 0.6 is 0 Å². The fraction of sp³-hybridized carbons (Fsp3) is 0.714. The van der Waals surface area contributed by atoms with E-state index in [4.69, 9.17) is 4.74 Å². The van der Waals surface area contributed by atoms with Crippen molar-refractivity contribution in [1.29, 1.82) is 0 Å². The Balaban J connectivity index is 1.63. The standard InChI is InChI=1S/C14H22N2O2/c1-16-13(6-9-15-16)14(17)5-3-2-4-12-7-10-18-11-8-12/h6,9,12H,2-5,7-8,10-11H2,1H3. The van der Waals surface area contributed by atoms with E-state index in [2.05, 4.69) is 5.10 Å². The van der Waals surface area contributed by atoms with Crippen LogP contribution in [0.4, 0.5) is 0 Å². The third kappa shape index (κ3) is 3.67. The van der Waals surface area contributed by atoms with Gasteiger partial charge in [-0.1, -0.05) is 12.8 Å². The van der Waals surface area contributed by atoms with Crippen LogP contribution in [0.1, 0.15) is 49.0 Å². The van der Waals surface area contributed by atoms with E-state index in [9.17, 15) is 4.79 Å². The number of carbonyl (C=O) groups excluding carboxylic acids is 1. The van der Waals surface area contributed by atoms with E-state index in [-0.39, 0.29) is 5.78 Å². The molecule has 1 aliphatic heterocycles. The first-order chi connectivity index (χ1) is 8.77. The Kier molecular flexibility index (Phi) is 4.93. The summed E-state index contributed by atoms with van der Waals surface area (Å²) in [5, 5.41) is 4.02. The molecular formula is C14H22N2O2. The Labute approximate surface area is 108 Å². The second-order valence-electron chi connectivity index (χ2n) is 5.06. The van der Waals surface area contributed by atoms with Crippen molar-refractivity contribution in [3.05, 3.63) is 18.0 Å². The maximum atomic E-state index is 11.9. The zero-order chi connectivity index (χ0) is 12.8. The van der Waals surface area contributed by atoms with Crippen molar-refractivity contribution < 1.29 is 9.53 Å². The van der Waals surface area contributed by atoms with E-state index < -0.39 is 0 Å². The summed E-state index contributed by atoms with van der Waals surface area (Å²) in [7, 11) is 1.81. The van der Waals surface area contributed by atoms with Crippen molar-refractivity contribution in [3.8, 4) is 0 Å². The number of unbranched alkanes of at least 4 members (excludes halogenated alkanes) is 1. The van der Waals surface area contributed by atoms with Gasteiger partial charge in [0.15, 0.2) is 5.78 Å². The van der Waals surface area contributed by atoms with Gasteiger partial charge in [0, 0.05) is 32.9 Å². The molecule has 0 unspecified atom stereocenters. The average molecular weight is 250 g/mol. The first-order valence-electron chi connectivity index (χ1n) is 6.86. The van der Waals surface area contributed by atoms with Gasteiger partial charge >= 0.3 is 0 Å². The largest absolute Gasteiger partial charge is 0.381 e. The van der Waals surface area contributed by atoms with Crippen molar-refractivity contribution in [2.24, 2.45) is 13.0 Å². The van der Waals surface area contributed by atoms with Gasteiger partial charge in [-0.15, -0.1) is 0 Å². The summed E-state index contributed by atoms with van der Waals surface area (Å²) in [5.74, 6) is 1.02. The zero-order valence-electron chi connectivity index (χ0n) is 11.1. The minimum absolute atomic E-state index is 0.210. The maximum absolute atomic E-state index is 11.9. The van der Waals surface area contributed by atoms with Crippen molar-refractivity contribution in [2.45, 2.75) is 38.5 Å². The van der Waals surface area contributed by atoms with Gasteiger partial charge in [-0.3, -0.25) is 9.48 Å². The summed E-state index contributed by atoms with van der Waals surface area (Å²) in [6.07, 6.45) is 8.07. The quantitative estimate of drug-likeness (QED) is 0.576. The summed E-state index contributed by atoms with van der Waals surface area (Å²) in [6, 6.07) is 1.79. The van der Waals surface area contributed by atoms with E-state index in [0.717, 1.165) is 37.7 Å². The Hall–Kier alpha value is -1.16. The van der Waals surface area contributed by atoms with Crippen LogP contribution in [0.3, 0.4) is 0 Å². The summed E-state index contributed by atoms with van der Waals surface area (Å²) in [6.45, 7) is 1.83. The fourth-order valence-electron chi connectivity index (χ4n) is 2.53. The molecule has 0 saturated carbocycles. The molecule has 1 fully saturated rings. The van der Waals surface area contributed by atoms with Crippen LogP contribution in [-0.4, -0.2) is 28.8 Å². The van der Waals surface area contributed by atoms with Gasteiger partial charge in [-0.25, -0.2) is 0 Å². The molecule has 0 bridgehead atoms. The third-order valence-corrected chi connectivity index (χ3v) is 3.71. The van der Waals surface area contributed by atoms with Crippen molar-refractivity contribution in [2.75, 3.05) is 13.2 Å². The van der Waals surface area contributed by atoms with Crippen LogP contribution in [0, 0.1) is 5.92 Å². The van der Waals surface area contributed by atoms with Gasteiger partial charge in [-0.05, 0) is 31.2 Å². The first-order valence-corrected chi connectivity index (χ1v) is 6.86. The van der Waals surface area contributed by atoms with Crippen molar-refractivity contribution in [1.82, 2.24) is 9.78 Å². The summed E-state index contributed by atoms with van der Waals surface area (Å²) >= 11 is 0. The number of Topliss-reactive ketones (excluding diaryl/α,β-unsaturated/α-hetero) is 1. The first kappa shape index (κ1) is 13.3. The number of aryl methyl sites for hydroxylation is 1. The summed E-state index contributed by atoms with van der Waals surface area (Å²) in [5.41, 5.74) is 0.723. The molecule has 0 radical (unpaired) electrons. The highest BCUT2D eigenvalue weighted by Crippen LogP contribution is 2.21. The summed E-state index contributed by atoms with van der Waals surface area (Å²) < 4.78 is 7.00. The molecule has 4 nitrogen and oxygen atoms in total. The number of nitrogens with zero attached hydrogens (tertiary/aromatic N) is 2. The number of carbonyl (C=O) groups is 1. The highest BCUT2D eigenvalue weighted by Gasteiger charge is 2.14. The number of hydrogen-bond donors (Lipinski definition) is 0. The molecule has 0 aromatic carbocycles. The number of ether oxygens (including phenoxy) is 1. The molecule has 1 aromatic rings. The van der Waals surface area contributed by atoms with E-state index >= 15 is 0 Å². The predicted molar refractivity (Wildman–Crippen MR) is 69.5 cm³/mol.